The van der Waals surface area contributed by atoms with Gasteiger partial charge in [-0.1, -0.05) is 11.3 Å². The highest BCUT2D eigenvalue weighted by atomic mass is 32.2. The van der Waals surface area contributed by atoms with Gasteiger partial charge in [0.25, 0.3) is 0 Å². The number of anilines is 1. The normalized spacial score (nSPS) is 18.1. The lowest BCUT2D eigenvalue weighted by molar-refractivity contribution is -0.274. The zero-order valence-corrected chi connectivity index (χ0v) is 17.4. The Bertz CT molecular complexity index is 1220. The number of hydrogen-bond acceptors (Lipinski definition) is 10. The third kappa shape index (κ3) is 4.42. The maximum Gasteiger partial charge on any atom is 0.573 e. The lowest BCUT2D eigenvalue weighted by Crippen LogP contribution is -2.58. The van der Waals surface area contributed by atoms with E-state index in [2.05, 4.69) is 25.1 Å². The maximum absolute atomic E-state index is 13.0. The number of thiazole rings is 1. The van der Waals surface area contributed by atoms with E-state index in [1.165, 1.54) is 17.5 Å². The molecule has 170 valence electrons. The van der Waals surface area contributed by atoms with Gasteiger partial charge in [-0.25, -0.2) is 8.42 Å². The van der Waals surface area contributed by atoms with Crippen LogP contribution in [0.3, 0.4) is 0 Å². The molecule has 0 saturated carbocycles. The molecular formula is C16H13F3N6O5S2. The Morgan fingerprint density at radius 2 is 1.94 bits per heavy atom. The summed E-state index contributed by atoms with van der Waals surface area (Å²) in [4.78, 5) is 17.4. The Morgan fingerprint density at radius 1 is 1.22 bits per heavy atom. The minimum Gasteiger partial charge on any atom is -0.480 e. The van der Waals surface area contributed by atoms with Crippen molar-refractivity contribution in [1.82, 2.24) is 24.7 Å². The zero-order chi connectivity index (χ0) is 23.1. The summed E-state index contributed by atoms with van der Waals surface area (Å²) < 4.78 is 68.2. The number of fused-ring (bicyclic) bond motifs is 1. The first-order valence-corrected chi connectivity index (χ1v) is 11.1. The quantitative estimate of drug-likeness (QED) is 0.557. The van der Waals surface area contributed by atoms with Crippen LogP contribution in [0.15, 0.2) is 35.4 Å². The highest BCUT2D eigenvalue weighted by molar-refractivity contribution is 7.89. The largest absolute Gasteiger partial charge is 0.573 e. The van der Waals surface area contributed by atoms with Crippen molar-refractivity contribution in [3.8, 4) is 5.75 Å². The number of halogens is 3. The summed E-state index contributed by atoms with van der Waals surface area (Å²) in [6.45, 7) is -0.233. The maximum atomic E-state index is 13.0. The Labute approximate surface area is 182 Å². The van der Waals surface area contributed by atoms with E-state index in [1.54, 1.807) is 4.90 Å². The SMILES string of the molecule is O=C(O)[C@H]1CN(c2nc3nnncc3s2)CCN1S(=O)(=O)c1ccc(OC(F)(F)F)cc1. The fourth-order valence-electron chi connectivity index (χ4n) is 3.13. The second-order valence-electron chi connectivity index (χ2n) is 6.55. The standard InChI is InChI=1S/C16H13F3N6O5S2/c17-16(18,19)30-9-1-3-10(4-2-9)32(28,29)25-6-5-24(8-11(25)14(26)27)15-21-13-12(31-15)7-20-23-22-13/h1-4,7,11H,5-6,8H2,(H,26,27)/t11-/m1/s1. The van der Waals surface area contributed by atoms with E-state index in [9.17, 15) is 31.5 Å². The molecule has 1 aromatic carbocycles. The molecule has 1 N–H and O–H groups in total. The molecule has 3 aromatic rings. The fraction of sp³-hybridized carbons (Fsp3) is 0.312. The van der Waals surface area contributed by atoms with Gasteiger partial charge in [-0.05, 0) is 29.5 Å². The molecule has 4 rings (SSSR count). The molecule has 1 atom stereocenters. The highest BCUT2D eigenvalue weighted by Gasteiger charge is 2.41. The number of alkyl halides is 3. The molecule has 2 aromatic heterocycles. The van der Waals surface area contributed by atoms with Crippen molar-refractivity contribution < 1.29 is 36.2 Å². The van der Waals surface area contributed by atoms with Crippen molar-refractivity contribution >= 4 is 42.8 Å². The van der Waals surface area contributed by atoms with Crippen LogP contribution in [0.25, 0.3) is 10.3 Å². The molecule has 16 heteroatoms. The Hall–Kier alpha value is -3.11. The van der Waals surface area contributed by atoms with Gasteiger partial charge in [0, 0.05) is 19.6 Å². The van der Waals surface area contributed by atoms with E-state index in [1.807, 2.05) is 0 Å². The second kappa shape index (κ2) is 8.10. The summed E-state index contributed by atoms with van der Waals surface area (Å²) in [5.41, 5.74) is 0.336. The molecule has 1 fully saturated rings. The summed E-state index contributed by atoms with van der Waals surface area (Å²) in [6.07, 6.45) is -3.46. The lowest BCUT2D eigenvalue weighted by atomic mass is 10.2. The van der Waals surface area contributed by atoms with Crippen LogP contribution in [0, 0.1) is 0 Å². The molecule has 0 spiro atoms. The smallest absolute Gasteiger partial charge is 0.480 e. The summed E-state index contributed by atoms with van der Waals surface area (Å²) in [5.74, 6) is -1.97. The van der Waals surface area contributed by atoms with Gasteiger partial charge in [-0.3, -0.25) is 4.79 Å². The van der Waals surface area contributed by atoms with Crippen molar-refractivity contribution in [3.05, 3.63) is 30.5 Å². The average molecular weight is 490 g/mol. The average Bonchev–Trinajstić information content (AvgIpc) is 3.17. The van der Waals surface area contributed by atoms with E-state index in [-0.39, 0.29) is 24.5 Å². The number of hydrogen-bond donors (Lipinski definition) is 1. The molecule has 0 radical (unpaired) electrons. The number of benzene rings is 1. The number of carboxylic acids is 1. The number of carboxylic acid groups (broad SMARTS) is 1. The van der Waals surface area contributed by atoms with Crippen LogP contribution in [-0.2, 0) is 14.8 Å². The number of carbonyl (C=O) groups is 1. The van der Waals surface area contributed by atoms with Crippen LogP contribution in [0.5, 0.6) is 5.75 Å². The summed E-state index contributed by atoms with van der Waals surface area (Å²) >= 11 is 1.21. The van der Waals surface area contributed by atoms with E-state index >= 15 is 0 Å². The van der Waals surface area contributed by atoms with E-state index in [0.29, 0.717) is 15.5 Å². The predicted molar refractivity (Wildman–Crippen MR) is 104 cm³/mol. The minimum absolute atomic E-state index is 0.138. The van der Waals surface area contributed by atoms with Gasteiger partial charge in [-0.2, -0.15) is 9.29 Å². The molecule has 0 bridgehead atoms. The molecule has 1 aliphatic heterocycles. The topological polar surface area (TPSA) is 139 Å². The monoisotopic (exact) mass is 490 g/mol. The second-order valence-corrected chi connectivity index (χ2v) is 9.45. The zero-order valence-electron chi connectivity index (χ0n) is 15.8. The van der Waals surface area contributed by atoms with Gasteiger partial charge in [-0.15, -0.1) is 23.4 Å². The van der Waals surface area contributed by atoms with Crippen molar-refractivity contribution in [2.45, 2.75) is 17.3 Å². The summed E-state index contributed by atoms with van der Waals surface area (Å²) in [5, 5.41) is 21.0. The highest BCUT2D eigenvalue weighted by Crippen LogP contribution is 2.31. The molecule has 1 saturated heterocycles. The van der Waals surface area contributed by atoms with E-state index in [0.717, 1.165) is 28.6 Å². The molecule has 0 unspecified atom stereocenters. The van der Waals surface area contributed by atoms with Gasteiger partial charge in [0.2, 0.25) is 10.0 Å². The molecule has 0 aliphatic carbocycles. The fourth-order valence-corrected chi connectivity index (χ4v) is 5.59. The van der Waals surface area contributed by atoms with Crippen molar-refractivity contribution in [3.63, 3.8) is 0 Å². The Morgan fingerprint density at radius 3 is 2.56 bits per heavy atom. The summed E-state index contributed by atoms with van der Waals surface area (Å²) in [7, 11) is -4.31. The van der Waals surface area contributed by atoms with Crippen molar-refractivity contribution in [2.75, 3.05) is 24.5 Å². The molecular weight excluding hydrogens is 477 g/mol. The first-order valence-electron chi connectivity index (χ1n) is 8.85. The van der Waals surface area contributed by atoms with Crippen molar-refractivity contribution in [2.24, 2.45) is 0 Å². The molecule has 0 amide bonds. The first kappa shape index (κ1) is 22.1. The van der Waals surface area contributed by atoms with Crippen LogP contribution in [0.1, 0.15) is 0 Å². The number of ether oxygens (including phenoxy) is 1. The van der Waals surface area contributed by atoms with Crippen LogP contribution in [-0.4, -0.2) is 76.2 Å². The number of rotatable bonds is 5. The molecule has 3 heterocycles. The third-order valence-electron chi connectivity index (χ3n) is 4.54. The number of nitrogens with zero attached hydrogens (tertiary/aromatic N) is 6. The summed E-state index contributed by atoms with van der Waals surface area (Å²) in [6, 6.07) is 2.11. The Kier molecular flexibility index (Phi) is 5.59. The lowest BCUT2D eigenvalue weighted by Gasteiger charge is -2.38. The van der Waals surface area contributed by atoms with Crippen molar-refractivity contribution in [1.29, 1.82) is 0 Å². The minimum atomic E-state index is -4.92. The number of aliphatic carboxylic acids is 1. The number of aromatic nitrogens is 4. The molecule has 32 heavy (non-hydrogen) atoms. The Balaban J connectivity index is 1.57. The van der Waals surface area contributed by atoms with Crippen LogP contribution in [0.2, 0.25) is 0 Å². The molecule has 1 aliphatic rings. The van der Waals surface area contributed by atoms with Gasteiger partial charge >= 0.3 is 12.3 Å². The number of piperazine rings is 1. The number of sulfonamides is 1. The molecule has 11 nitrogen and oxygen atoms in total. The van der Waals surface area contributed by atoms with Crippen LogP contribution < -0.4 is 9.64 Å². The van der Waals surface area contributed by atoms with E-state index < -0.39 is 34.1 Å². The van der Waals surface area contributed by atoms with E-state index in [4.69, 9.17) is 0 Å². The predicted octanol–water partition coefficient (Wildman–Crippen LogP) is 1.34. The first-order chi connectivity index (χ1) is 15.0. The van der Waals surface area contributed by atoms with Crippen LogP contribution >= 0.6 is 11.3 Å². The van der Waals surface area contributed by atoms with Crippen LogP contribution in [0.4, 0.5) is 18.3 Å². The van der Waals surface area contributed by atoms with Gasteiger partial charge in [0.15, 0.2) is 10.8 Å². The van der Waals surface area contributed by atoms with Gasteiger partial charge < -0.3 is 14.7 Å². The third-order valence-corrected chi connectivity index (χ3v) is 7.50. The van der Waals surface area contributed by atoms with Gasteiger partial charge in [0.05, 0.1) is 15.8 Å². The van der Waals surface area contributed by atoms with Gasteiger partial charge in [0.1, 0.15) is 11.8 Å².